The molecule has 0 aliphatic carbocycles. The van der Waals surface area contributed by atoms with Gasteiger partial charge in [0.05, 0.1) is 35.3 Å². The number of carbonyl (C=O) groups is 1. The number of halogens is 4. The standard InChI is InChI=1S/C26H25F4N3O2/c1-14(2)20-12-18(27)7-9-21(20)32-13-33(24-15(3)10-23(35-5)31-16(24)4)25(34)19-8-6-17(11-22(19)32)26(28,29)30/h6-12,14H,13H2,1-5H3. The summed E-state index contributed by atoms with van der Waals surface area (Å²) in [4.78, 5) is 21.1. The van der Waals surface area contributed by atoms with Gasteiger partial charge in [0.2, 0.25) is 5.88 Å². The lowest BCUT2D eigenvalue weighted by molar-refractivity contribution is -0.137. The van der Waals surface area contributed by atoms with E-state index in [0.29, 0.717) is 28.5 Å². The lowest BCUT2D eigenvalue weighted by atomic mass is 9.97. The van der Waals surface area contributed by atoms with Crippen LogP contribution in [0.4, 0.5) is 34.6 Å². The van der Waals surface area contributed by atoms with Gasteiger partial charge in [0.1, 0.15) is 12.5 Å². The van der Waals surface area contributed by atoms with Crippen LogP contribution >= 0.6 is 0 Å². The van der Waals surface area contributed by atoms with E-state index in [4.69, 9.17) is 4.74 Å². The topological polar surface area (TPSA) is 45.7 Å². The molecule has 0 atom stereocenters. The van der Waals surface area contributed by atoms with Crippen LogP contribution in [0.15, 0.2) is 42.5 Å². The van der Waals surface area contributed by atoms with Crippen LogP contribution in [0.25, 0.3) is 0 Å². The van der Waals surface area contributed by atoms with Gasteiger partial charge in [-0.15, -0.1) is 0 Å². The molecule has 1 aromatic heterocycles. The highest BCUT2D eigenvalue weighted by Gasteiger charge is 2.37. The third-order valence-corrected chi connectivity index (χ3v) is 6.09. The Bertz CT molecular complexity index is 1280. The average Bonchev–Trinajstić information content (AvgIpc) is 2.79. The number of rotatable bonds is 4. The van der Waals surface area contributed by atoms with E-state index >= 15 is 0 Å². The summed E-state index contributed by atoms with van der Waals surface area (Å²) >= 11 is 0. The summed E-state index contributed by atoms with van der Waals surface area (Å²) in [6.45, 7) is 7.22. The molecule has 1 amide bonds. The van der Waals surface area contributed by atoms with E-state index in [1.165, 1.54) is 36.3 Å². The Morgan fingerprint density at radius 1 is 1.00 bits per heavy atom. The Kier molecular flexibility index (Phi) is 6.21. The van der Waals surface area contributed by atoms with Crippen molar-refractivity contribution in [3.8, 4) is 5.88 Å². The number of ether oxygens (including phenoxy) is 1. The minimum atomic E-state index is -4.59. The first kappa shape index (κ1) is 24.5. The molecule has 2 aromatic carbocycles. The summed E-state index contributed by atoms with van der Waals surface area (Å²) in [7, 11) is 1.49. The summed E-state index contributed by atoms with van der Waals surface area (Å²) in [6.07, 6.45) is -4.59. The second-order valence-electron chi connectivity index (χ2n) is 8.81. The summed E-state index contributed by atoms with van der Waals surface area (Å²) < 4.78 is 60.1. The molecule has 0 spiro atoms. The summed E-state index contributed by atoms with van der Waals surface area (Å²) in [5.41, 5.74) is 2.30. The number of pyridine rings is 1. The van der Waals surface area contributed by atoms with E-state index in [-0.39, 0.29) is 23.8 Å². The average molecular weight is 487 g/mol. The van der Waals surface area contributed by atoms with Gasteiger partial charge in [-0.3, -0.25) is 9.69 Å². The van der Waals surface area contributed by atoms with Crippen molar-refractivity contribution < 1.29 is 27.1 Å². The highest BCUT2D eigenvalue weighted by atomic mass is 19.4. The van der Waals surface area contributed by atoms with Crippen LogP contribution in [0.5, 0.6) is 5.88 Å². The predicted octanol–water partition coefficient (Wildman–Crippen LogP) is 6.74. The molecular weight excluding hydrogens is 462 g/mol. The lowest BCUT2D eigenvalue weighted by Crippen LogP contribution is -2.46. The molecule has 1 aliphatic rings. The van der Waals surface area contributed by atoms with E-state index < -0.39 is 23.5 Å². The quantitative estimate of drug-likeness (QED) is 0.382. The second kappa shape index (κ2) is 8.87. The van der Waals surface area contributed by atoms with Crippen LogP contribution in [0.3, 0.4) is 0 Å². The molecule has 0 saturated heterocycles. The zero-order chi connectivity index (χ0) is 25.7. The van der Waals surface area contributed by atoms with Crippen LogP contribution in [0, 0.1) is 19.7 Å². The van der Waals surface area contributed by atoms with Crippen LogP contribution in [-0.4, -0.2) is 24.7 Å². The highest BCUT2D eigenvalue weighted by molar-refractivity contribution is 6.13. The van der Waals surface area contributed by atoms with Crippen LogP contribution in [0.2, 0.25) is 0 Å². The molecule has 3 aromatic rings. The normalized spacial score (nSPS) is 13.9. The zero-order valence-electron chi connectivity index (χ0n) is 20.0. The van der Waals surface area contributed by atoms with Crippen molar-refractivity contribution in [1.82, 2.24) is 4.98 Å². The summed E-state index contributed by atoms with van der Waals surface area (Å²) in [6, 6.07) is 8.94. The molecule has 0 unspecified atom stereocenters. The maximum absolute atomic E-state index is 14.1. The number of amides is 1. The molecule has 4 rings (SSSR count). The van der Waals surface area contributed by atoms with Crippen molar-refractivity contribution >= 4 is 23.0 Å². The minimum Gasteiger partial charge on any atom is -0.481 e. The molecule has 0 N–H and O–H groups in total. The number of aryl methyl sites for hydroxylation is 2. The number of anilines is 3. The molecular formula is C26H25F4N3O2. The molecule has 0 fully saturated rings. The SMILES string of the molecule is COc1cc(C)c(N2CN(c3ccc(F)cc3C(C)C)c3cc(C(F)(F)F)ccc3C2=O)c(C)n1. The third-order valence-electron chi connectivity index (χ3n) is 6.09. The second-order valence-corrected chi connectivity index (χ2v) is 8.81. The number of hydrogen-bond acceptors (Lipinski definition) is 4. The number of carbonyl (C=O) groups excluding carboxylic acids is 1. The van der Waals surface area contributed by atoms with Crippen molar-refractivity contribution in [3.05, 3.63) is 76.2 Å². The summed E-state index contributed by atoms with van der Waals surface area (Å²) in [5.74, 6) is -0.623. The van der Waals surface area contributed by atoms with Gasteiger partial charge in [0.25, 0.3) is 5.91 Å². The van der Waals surface area contributed by atoms with Gasteiger partial charge in [-0.1, -0.05) is 13.8 Å². The Balaban J connectivity index is 1.96. The first-order valence-corrected chi connectivity index (χ1v) is 11.0. The van der Waals surface area contributed by atoms with Crippen LogP contribution in [0.1, 0.15) is 52.5 Å². The van der Waals surface area contributed by atoms with Gasteiger partial charge in [0.15, 0.2) is 0 Å². The monoisotopic (exact) mass is 487 g/mol. The third kappa shape index (κ3) is 4.42. The Morgan fingerprint density at radius 2 is 1.71 bits per heavy atom. The molecule has 9 heteroatoms. The van der Waals surface area contributed by atoms with E-state index in [9.17, 15) is 22.4 Å². The first-order valence-electron chi connectivity index (χ1n) is 11.0. The first-order chi connectivity index (χ1) is 16.4. The maximum Gasteiger partial charge on any atom is 0.416 e. The molecule has 0 saturated carbocycles. The molecule has 2 heterocycles. The number of alkyl halides is 3. The molecule has 0 bridgehead atoms. The molecule has 35 heavy (non-hydrogen) atoms. The van der Waals surface area contributed by atoms with Gasteiger partial charge < -0.3 is 9.64 Å². The van der Waals surface area contributed by atoms with Crippen molar-refractivity contribution in [2.75, 3.05) is 23.6 Å². The van der Waals surface area contributed by atoms with Gasteiger partial charge in [-0.25, -0.2) is 9.37 Å². The largest absolute Gasteiger partial charge is 0.481 e. The Morgan fingerprint density at radius 3 is 2.31 bits per heavy atom. The van der Waals surface area contributed by atoms with Crippen molar-refractivity contribution in [2.24, 2.45) is 0 Å². The predicted molar refractivity (Wildman–Crippen MR) is 126 cm³/mol. The smallest absolute Gasteiger partial charge is 0.416 e. The maximum atomic E-state index is 14.1. The fraction of sp³-hybridized carbons (Fsp3) is 0.308. The van der Waals surface area contributed by atoms with Crippen LogP contribution < -0.4 is 14.5 Å². The van der Waals surface area contributed by atoms with E-state index in [0.717, 1.165) is 17.7 Å². The molecule has 0 radical (unpaired) electrons. The van der Waals surface area contributed by atoms with Crippen molar-refractivity contribution in [3.63, 3.8) is 0 Å². The van der Waals surface area contributed by atoms with E-state index in [1.807, 2.05) is 20.8 Å². The molecule has 5 nitrogen and oxygen atoms in total. The number of aromatic nitrogens is 1. The Hall–Kier alpha value is -3.62. The minimum absolute atomic E-state index is 0.0752. The fourth-order valence-electron chi connectivity index (χ4n) is 4.45. The highest BCUT2D eigenvalue weighted by Crippen LogP contribution is 2.43. The molecule has 184 valence electrons. The van der Waals surface area contributed by atoms with Crippen molar-refractivity contribution in [1.29, 1.82) is 0 Å². The number of fused-ring (bicyclic) bond motifs is 1. The fourth-order valence-corrected chi connectivity index (χ4v) is 4.45. The molecule has 1 aliphatic heterocycles. The summed E-state index contributed by atoms with van der Waals surface area (Å²) in [5, 5.41) is 0. The number of benzene rings is 2. The van der Waals surface area contributed by atoms with Gasteiger partial charge in [-0.2, -0.15) is 13.2 Å². The number of methoxy groups -OCH3 is 1. The van der Waals surface area contributed by atoms with Crippen molar-refractivity contribution in [2.45, 2.75) is 39.8 Å². The van der Waals surface area contributed by atoms with E-state index in [2.05, 4.69) is 4.98 Å². The zero-order valence-corrected chi connectivity index (χ0v) is 20.0. The number of hydrogen-bond donors (Lipinski definition) is 0. The van der Waals surface area contributed by atoms with Gasteiger partial charge in [-0.05, 0) is 67.3 Å². The van der Waals surface area contributed by atoms with Gasteiger partial charge in [0, 0.05) is 11.8 Å². The number of nitrogens with zero attached hydrogens (tertiary/aromatic N) is 3. The Labute approximate surface area is 201 Å². The van der Waals surface area contributed by atoms with Crippen LogP contribution in [-0.2, 0) is 6.18 Å². The lowest BCUT2D eigenvalue weighted by Gasteiger charge is -2.40. The van der Waals surface area contributed by atoms with Gasteiger partial charge >= 0.3 is 6.18 Å². The van der Waals surface area contributed by atoms with E-state index in [1.54, 1.807) is 17.9 Å².